The summed E-state index contributed by atoms with van der Waals surface area (Å²) in [5, 5.41) is 10.3. The maximum absolute atomic E-state index is 11.8. The molecule has 2 aromatic rings. The third-order valence-electron chi connectivity index (χ3n) is 2.11. The lowest BCUT2D eigenvalue weighted by Gasteiger charge is -2.02. The number of rotatable bonds is 2. The Hall–Kier alpha value is -1.34. The Bertz CT molecular complexity index is 569. The van der Waals surface area contributed by atoms with Gasteiger partial charge in [0.15, 0.2) is 0 Å². The van der Waals surface area contributed by atoms with Crippen LogP contribution < -0.4 is 5.32 Å². The van der Waals surface area contributed by atoms with Gasteiger partial charge in [-0.3, -0.25) is 10.1 Å². The molecule has 7 heteroatoms. The van der Waals surface area contributed by atoms with Gasteiger partial charge in [0.2, 0.25) is 5.95 Å². The Kier molecular flexibility index (Phi) is 3.49. The summed E-state index contributed by atoms with van der Waals surface area (Å²) in [6, 6.07) is 3.55. The van der Waals surface area contributed by atoms with Gasteiger partial charge in [-0.2, -0.15) is 5.10 Å². The van der Waals surface area contributed by atoms with Crippen LogP contribution in [-0.4, -0.2) is 21.1 Å². The fourth-order valence-electron chi connectivity index (χ4n) is 1.11. The van der Waals surface area contributed by atoms with Crippen LogP contribution in [-0.2, 0) is 0 Å². The van der Waals surface area contributed by atoms with E-state index in [4.69, 9.17) is 0 Å². The summed E-state index contributed by atoms with van der Waals surface area (Å²) in [7, 11) is 0. The number of carbonyl (C=O) groups excluding carboxylic acids is 1. The second-order valence-corrected chi connectivity index (χ2v) is 5.83. The number of nitrogens with one attached hydrogen (secondary N) is 1. The Morgan fingerprint density at radius 2 is 2.06 bits per heavy atom. The van der Waals surface area contributed by atoms with Gasteiger partial charge < -0.3 is 0 Å². The van der Waals surface area contributed by atoms with Crippen molar-refractivity contribution >= 4 is 39.1 Å². The molecule has 0 aliphatic heterocycles. The fraction of sp³-hybridized carbons (Fsp3) is 0.200. The number of carbonyl (C=O) groups is 1. The standard InChI is InChI=1S/C10H9BrN4OS/c1-5-6(2)14-15-10(12-5)13-9(16)7-3-4-8(11)17-7/h3-4H,1-2H3,(H,12,13,15,16). The van der Waals surface area contributed by atoms with E-state index in [0.717, 1.165) is 15.2 Å². The molecule has 0 aliphatic carbocycles. The largest absolute Gasteiger partial charge is 0.288 e. The Morgan fingerprint density at radius 1 is 1.29 bits per heavy atom. The first kappa shape index (κ1) is 12.1. The molecule has 2 aromatic heterocycles. The van der Waals surface area contributed by atoms with Gasteiger partial charge in [0.1, 0.15) is 0 Å². The van der Waals surface area contributed by atoms with Gasteiger partial charge >= 0.3 is 0 Å². The highest BCUT2D eigenvalue weighted by molar-refractivity contribution is 9.11. The van der Waals surface area contributed by atoms with Crippen molar-refractivity contribution in [1.29, 1.82) is 0 Å². The molecule has 17 heavy (non-hydrogen) atoms. The zero-order valence-electron chi connectivity index (χ0n) is 9.19. The van der Waals surface area contributed by atoms with E-state index in [1.165, 1.54) is 11.3 Å². The van der Waals surface area contributed by atoms with Crippen LogP contribution in [0.2, 0.25) is 0 Å². The molecule has 0 fully saturated rings. The van der Waals surface area contributed by atoms with E-state index in [1.807, 2.05) is 19.9 Å². The summed E-state index contributed by atoms with van der Waals surface area (Å²) in [6.07, 6.45) is 0. The first-order chi connectivity index (χ1) is 8.06. The van der Waals surface area contributed by atoms with E-state index in [0.29, 0.717) is 4.88 Å². The number of halogens is 1. The summed E-state index contributed by atoms with van der Waals surface area (Å²) in [4.78, 5) is 16.5. The molecule has 0 radical (unpaired) electrons. The van der Waals surface area contributed by atoms with Crippen molar-refractivity contribution in [3.63, 3.8) is 0 Å². The highest BCUT2D eigenvalue weighted by Crippen LogP contribution is 2.22. The van der Waals surface area contributed by atoms with Crippen molar-refractivity contribution in [3.8, 4) is 0 Å². The molecule has 88 valence electrons. The molecule has 1 N–H and O–H groups in total. The fourth-order valence-corrected chi connectivity index (χ4v) is 2.39. The number of hydrogen-bond acceptors (Lipinski definition) is 5. The SMILES string of the molecule is Cc1nnc(NC(=O)c2ccc(Br)s2)nc1C. The van der Waals surface area contributed by atoms with Crippen molar-refractivity contribution in [2.24, 2.45) is 0 Å². The summed E-state index contributed by atoms with van der Waals surface area (Å²) in [6.45, 7) is 3.64. The average molecular weight is 313 g/mol. The zero-order chi connectivity index (χ0) is 12.4. The molecule has 0 atom stereocenters. The van der Waals surface area contributed by atoms with Crippen LogP contribution in [0.25, 0.3) is 0 Å². The second-order valence-electron chi connectivity index (χ2n) is 3.36. The molecular weight excluding hydrogens is 304 g/mol. The molecule has 0 saturated carbocycles. The monoisotopic (exact) mass is 312 g/mol. The Morgan fingerprint density at radius 3 is 2.65 bits per heavy atom. The van der Waals surface area contributed by atoms with E-state index in [1.54, 1.807) is 6.07 Å². The van der Waals surface area contributed by atoms with Crippen molar-refractivity contribution in [1.82, 2.24) is 15.2 Å². The van der Waals surface area contributed by atoms with Crippen LogP contribution in [0, 0.1) is 13.8 Å². The highest BCUT2D eigenvalue weighted by atomic mass is 79.9. The number of thiophene rings is 1. The number of nitrogens with zero attached hydrogens (tertiary/aromatic N) is 3. The van der Waals surface area contributed by atoms with Crippen LogP contribution in [0.1, 0.15) is 21.1 Å². The molecule has 0 unspecified atom stereocenters. The van der Waals surface area contributed by atoms with E-state index >= 15 is 0 Å². The van der Waals surface area contributed by atoms with Crippen molar-refractivity contribution < 1.29 is 4.79 Å². The lowest BCUT2D eigenvalue weighted by Crippen LogP contribution is -2.14. The first-order valence-electron chi connectivity index (χ1n) is 4.81. The number of aromatic nitrogens is 3. The van der Waals surface area contributed by atoms with Crippen LogP contribution in [0.15, 0.2) is 15.9 Å². The topological polar surface area (TPSA) is 67.8 Å². The average Bonchev–Trinajstić information content (AvgIpc) is 2.70. The lowest BCUT2D eigenvalue weighted by molar-refractivity contribution is 0.102. The van der Waals surface area contributed by atoms with E-state index in [9.17, 15) is 4.79 Å². The molecule has 2 heterocycles. The quantitative estimate of drug-likeness (QED) is 0.925. The van der Waals surface area contributed by atoms with Crippen LogP contribution in [0.5, 0.6) is 0 Å². The molecule has 2 rings (SSSR count). The van der Waals surface area contributed by atoms with E-state index < -0.39 is 0 Å². The third-order valence-corrected chi connectivity index (χ3v) is 3.74. The van der Waals surface area contributed by atoms with E-state index in [2.05, 4.69) is 36.4 Å². The number of aryl methyl sites for hydroxylation is 2. The van der Waals surface area contributed by atoms with Crippen LogP contribution >= 0.6 is 27.3 Å². The normalized spacial score (nSPS) is 10.3. The minimum Gasteiger partial charge on any atom is -0.288 e. The van der Waals surface area contributed by atoms with Gasteiger partial charge in [0, 0.05) is 0 Å². The Labute approximate surface area is 110 Å². The minimum atomic E-state index is -0.231. The Balaban J connectivity index is 2.15. The molecule has 0 bridgehead atoms. The summed E-state index contributed by atoms with van der Waals surface area (Å²) < 4.78 is 0.904. The number of amides is 1. The molecule has 0 saturated heterocycles. The number of hydrogen-bond donors (Lipinski definition) is 1. The second kappa shape index (κ2) is 4.89. The summed E-state index contributed by atoms with van der Waals surface area (Å²) in [5.74, 6) is -0.00613. The highest BCUT2D eigenvalue weighted by Gasteiger charge is 2.11. The molecule has 5 nitrogen and oxygen atoms in total. The maximum atomic E-state index is 11.8. The van der Waals surface area contributed by atoms with Gasteiger partial charge in [-0.25, -0.2) is 4.98 Å². The van der Waals surface area contributed by atoms with Gasteiger partial charge in [-0.1, -0.05) is 0 Å². The summed E-state index contributed by atoms with van der Waals surface area (Å²) >= 11 is 4.65. The lowest BCUT2D eigenvalue weighted by atomic mass is 10.4. The zero-order valence-corrected chi connectivity index (χ0v) is 11.6. The predicted octanol–water partition coefficient (Wildman–Crippen LogP) is 2.56. The number of anilines is 1. The molecule has 0 aliphatic rings. The van der Waals surface area contributed by atoms with Crippen LogP contribution in [0.4, 0.5) is 5.95 Å². The first-order valence-corrected chi connectivity index (χ1v) is 6.42. The smallest absolute Gasteiger partial charge is 0.268 e. The molecule has 1 amide bonds. The summed E-state index contributed by atoms with van der Waals surface area (Å²) in [5.41, 5.74) is 1.50. The molecular formula is C10H9BrN4OS. The van der Waals surface area contributed by atoms with Crippen molar-refractivity contribution in [2.45, 2.75) is 13.8 Å². The van der Waals surface area contributed by atoms with E-state index in [-0.39, 0.29) is 11.9 Å². The van der Waals surface area contributed by atoms with Gasteiger partial charge in [0.25, 0.3) is 5.91 Å². The van der Waals surface area contributed by atoms with Crippen LogP contribution in [0.3, 0.4) is 0 Å². The van der Waals surface area contributed by atoms with Gasteiger partial charge in [0.05, 0.1) is 20.1 Å². The van der Waals surface area contributed by atoms with Gasteiger partial charge in [-0.15, -0.1) is 16.4 Å². The molecule has 0 aromatic carbocycles. The minimum absolute atomic E-state index is 0.225. The third kappa shape index (κ3) is 2.86. The molecule has 0 spiro atoms. The predicted molar refractivity (Wildman–Crippen MR) is 69.3 cm³/mol. The van der Waals surface area contributed by atoms with Crippen molar-refractivity contribution in [3.05, 3.63) is 32.2 Å². The maximum Gasteiger partial charge on any atom is 0.268 e. The van der Waals surface area contributed by atoms with Gasteiger partial charge in [-0.05, 0) is 41.9 Å². The van der Waals surface area contributed by atoms with Crippen molar-refractivity contribution in [2.75, 3.05) is 5.32 Å².